The number of carbonyl (C=O) groups excluding carboxylic acids is 1. The third-order valence-corrected chi connectivity index (χ3v) is 8.04. The third-order valence-electron chi connectivity index (χ3n) is 5.91. The lowest BCUT2D eigenvalue weighted by Crippen LogP contribution is -2.50. The number of anilines is 1. The lowest BCUT2D eigenvalue weighted by Gasteiger charge is -2.36. The van der Waals surface area contributed by atoms with Gasteiger partial charge in [0.2, 0.25) is 10.0 Å². The number of amides is 1. The SMILES string of the molecule is Cc1cc(S(=O)(=O)N2CCOCC2)ccc1OCC(=O)N1CCN(c2cccc(Cl)c2)CC1. The number of benzene rings is 2. The van der Waals surface area contributed by atoms with Gasteiger partial charge in [0, 0.05) is 50.0 Å². The number of carbonyl (C=O) groups is 1. The monoisotopic (exact) mass is 493 g/mol. The second-order valence-electron chi connectivity index (χ2n) is 8.08. The molecule has 2 aliphatic heterocycles. The molecular formula is C23H28ClN3O5S. The number of hydrogen-bond acceptors (Lipinski definition) is 6. The van der Waals surface area contributed by atoms with Crippen LogP contribution in [0.15, 0.2) is 47.4 Å². The highest BCUT2D eigenvalue weighted by Gasteiger charge is 2.27. The van der Waals surface area contributed by atoms with Crippen LogP contribution in [0.1, 0.15) is 5.56 Å². The average molecular weight is 494 g/mol. The Kier molecular flexibility index (Phi) is 7.43. The van der Waals surface area contributed by atoms with Gasteiger partial charge < -0.3 is 19.3 Å². The molecular weight excluding hydrogens is 466 g/mol. The molecule has 33 heavy (non-hydrogen) atoms. The highest BCUT2D eigenvalue weighted by Crippen LogP contribution is 2.25. The molecule has 0 N–H and O–H groups in total. The Morgan fingerprint density at radius 1 is 1.03 bits per heavy atom. The van der Waals surface area contributed by atoms with Crippen molar-refractivity contribution in [1.29, 1.82) is 0 Å². The Labute approximate surface area is 199 Å². The zero-order valence-corrected chi connectivity index (χ0v) is 20.1. The van der Waals surface area contributed by atoms with Crippen molar-refractivity contribution >= 4 is 33.2 Å². The quantitative estimate of drug-likeness (QED) is 0.615. The summed E-state index contributed by atoms with van der Waals surface area (Å²) in [6.45, 7) is 5.82. The van der Waals surface area contributed by atoms with E-state index in [0.29, 0.717) is 55.7 Å². The van der Waals surface area contributed by atoms with Gasteiger partial charge in [-0.25, -0.2) is 8.42 Å². The van der Waals surface area contributed by atoms with E-state index in [4.69, 9.17) is 21.1 Å². The summed E-state index contributed by atoms with van der Waals surface area (Å²) in [6.07, 6.45) is 0. The van der Waals surface area contributed by atoms with E-state index in [1.165, 1.54) is 10.4 Å². The second-order valence-corrected chi connectivity index (χ2v) is 10.5. The van der Waals surface area contributed by atoms with Gasteiger partial charge in [-0.3, -0.25) is 4.79 Å². The summed E-state index contributed by atoms with van der Waals surface area (Å²) in [4.78, 5) is 16.9. The molecule has 0 spiro atoms. The molecule has 0 saturated carbocycles. The fourth-order valence-electron chi connectivity index (χ4n) is 4.00. The Bertz CT molecular complexity index is 1100. The van der Waals surface area contributed by atoms with Gasteiger partial charge in [-0.05, 0) is 48.9 Å². The number of morpholine rings is 1. The van der Waals surface area contributed by atoms with Crippen molar-refractivity contribution in [2.75, 3.05) is 64.0 Å². The van der Waals surface area contributed by atoms with Crippen molar-refractivity contribution in [1.82, 2.24) is 9.21 Å². The first-order valence-electron chi connectivity index (χ1n) is 10.9. The van der Waals surface area contributed by atoms with Crippen LogP contribution in [-0.2, 0) is 19.6 Å². The van der Waals surface area contributed by atoms with Crippen molar-refractivity contribution < 1.29 is 22.7 Å². The zero-order valence-electron chi connectivity index (χ0n) is 18.6. The fourth-order valence-corrected chi connectivity index (χ4v) is 5.68. The summed E-state index contributed by atoms with van der Waals surface area (Å²) >= 11 is 6.08. The summed E-state index contributed by atoms with van der Waals surface area (Å²) in [5.74, 6) is 0.409. The first-order valence-corrected chi connectivity index (χ1v) is 12.8. The van der Waals surface area contributed by atoms with E-state index in [0.717, 1.165) is 18.8 Å². The highest BCUT2D eigenvalue weighted by molar-refractivity contribution is 7.89. The van der Waals surface area contributed by atoms with Gasteiger partial charge in [0.05, 0.1) is 18.1 Å². The number of hydrogen-bond donors (Lipinski definition) is 0. The zero-order chi connectivity index (χ0) is 23.4. The van der Waals surface area contributed by atoms with Crippen LogP contribution in [0.2, 0.25) is 5.02 Å². The number of sulfonamides is 1. The third kappa shape index (κ3) is 5.60. The molecule has 2 aromatic rings. The van der Waals surface area contributed by atoms with Crippen LogP contribution in [0.5, 0.6) is 5.75 Å². The molecule has 0 atom stereocenters. The van der Waals surface area contributed by atoms with Gasteiger partial charge in [0.1, 0.15) is 5.75 Å². The van der Waals surface area contributed by atoms with Gasteiger partial charge in [-0.1, -0.05) is 17.7 Å². The lowest BCUT2D eigenvalue weighted by molar-refractivity contribution is -0.133. The molecule has 10 heteroatoms. The fraction of sp³-hybridized carbons (Fsp3) is 0.435. The van der Waals surface area contributed by atoms with Gasteiger partial charge in [-0.15, -0.1) is 0 Å². The molecule has 8 nitrogen and oxygen atoms in total. The minimum Gasteiger partial charge on any atom is -0.483 e. The molecule has 2 aliphatic rings. The van der Waals surface area contributed by atoms with Crippen molar-refractivity contribution in [3.8, 4) is 5.75 Å². The summed E-state index contributed by atoms with van der Waals surface area (Å²) in [6, 6.07) is 12.4. The Morgan fingerprint density at radius 3 is 2.42 bits per heavy atom. The van der Waals surface area contributed by atoms with Crippen molar-refractivity contribution in [3.05, 3.63) is 53.1 Å². The molecule has 1 amide bonds. The molecule has 0 aliphatic carbocycles. The molecule has 2 heterocycles. The number of nitrogens with zero attached hydrogens (tertiary/aromatic N) is 3. The molecule has 0 bridgehead atoms. The molecule has 2 fully saturated rings. The van der Waals surface area contributed by atoms with Gasteiger partial charge in [0.25, 0.3) is 5.91 Å². The largest absolute Gasteiger partial charge is 0.483 e. The molecule has 0 unspecified atom stereocenters. The van der Waals surface area contributed by atoms with Gasteiger partial charge in [-0.2, -0.15) is 4.31 Å². The first kappa shape index (κ1) is 23.8. The Hall–Kier alpha value is -2.33. The van der Waals surface area contributed by atoms with Crippen molar-refractivity contribution in [2.45, 2.75) is 11.8 Å². The number of halogens is 1. The summed E-state index contributed by atoms with van der Waals surface area (Å²) < 4.78 is 38.1. The minimum absolute atomic E-state index is 0.0897. The van der Waals surface area contributed by atoms with Crippen LogP contribution in [0.4, 0.5) is 5.69 Å². The highest BCUT2D eigenvalue weighted by atomic mass is 35.5. The van der Waals surface area contributed by atoms with Gasteiger partial charge in [0.15, 0.2) is 6.61 Å². The minimum atomic E-state index is -3.57. The van der Waals surface area contributed by atoms with Crippen LogP contribution in [0, 0.1) is 6.92 Å². The van der Waals surface area contributed by atoms with E-state index < -0.39 is 10.0 Å². The molecule has 178 valence electrons. The Balaban J connectivity index is 1.31. The number of aryl methyl sites for hydroxylation is 1. The maximum absolute atomic E-state index is 12.8. The second kappa shape index (κ2) is 10.3. The van der Waals surface area contributed by atoms with Crippen molar-refractivity contribution in [2.24, 2.45) is 0 Å². The molecule has 0 aromatic heterocycles. The number of rotatable bonds is 6. The van der Waals surface area contributed by atoms with E-state index in [-0.39, 0.29) is 17.4 Å². The maximum atomic E-state index is 12.8. The Morgan fingerprint density at radius 2 is 1.76 bits per heavy atom. The summed E-state index contributed by atoms with van der Waals surface area (Å²) in [5.41, 5.74) is 1.72. The van der Waals surface area contributed by atoms with E-state index in [1.54, 1.807) is 24.0 Å². The predicted molar refractivity (Wildman–Crippen MR) is 126 cm³/mol. The van der Waals surface area contributed by atoms with Crippen LogP contribution in [0.25, 0.3) is 0 Å². The van der Waals surface area contributed by atoms with Crippen LogP contribution < -0.4 is 9.64 Å². The topological polar surface area (TPSA) is 79.4 Å². The number of ether oxygens (including phenoxy) is 2. The van der Waals surface area contributed by atoms with Crippen LogP contribution >= 0.6 is 11.6 Å². The predicted octanol–water partition coefficient (Wildman–Crippen LogP) is 2.40. The molecule has 0 radical (unpaired) electrons. The lowest BCUT2D eigenvalue weighted by atomic mass is 10.2. The van der Waals surface area contributed by atoms with E-state index in [1.807, 2.05) is 24.3 Å². The smallest absolute Gasteiger partial charge is 0.260 e. The molecule has 2 aromatic carbocycles. The first-order chi connectivity index (χ1) is 15.8. The van der Waals surface area contributed by atoms with E-state index in [2.05, 4.69) is 4.90 Å². The number of piperazine rings is 1. The maximum Gasteiger partial charge on any atom is 0.260 e. The van der Waals surface area contributed by atoms with E-state index >= 15 is 0 Å². The van der Waals surface area contributed by atoms with Crippen LogP contribution in [0.3, 0.4) is 0 Å². The molecule has 4 rings (SSSR count). The average Bonchev–Trinajstić information content (AvgIpc) is 2.83. The van der Waals surface area contributed by atoms with E-state index in [9.17, 15) is 13.2 Å². The van der Waals surface area contributed by atoms with Gasteiger partial charge >= 0.3 is 0 Å². The standard InChI is InChI=1S/C23H28ClN3O5S/c1-18-15-21(33(29,30)27-11-13-31-14-12-27)5-6-22(18)32-17-23(28)26-9-7-25(8-10-26)20-4-2-3-19(24)16-20/h2-6,15-16H,7-14,17H2,1H3. The normalized spacial score (nSPS) is 17.8. The summed E-state index contributed by atoms with van der Waals surface area (Å²) in [7, 11) is -3.57. The van der Waals surface area contributed by atoms with Crippen LogP contribution in [-0.4, -0.2) is 82.6 Å². The summed E-state index contributed by atoms with van der Waals surface area (Å²) in [5, 5.41) is 0.693. The van der Waals surface area contributed by atoms with Crippen molar-refractivity contribution in [3.63, 3.8) is 0 Å². The molecule has 2 saturated heterocycles.